The van der Waals surface area contributed by atoms with Crippen LogP contribution >= 0.6 is 0 Å². The molecule has 2 aromatic heterocycles. The summed E-state index contributed by atoms with van der Waals surface area (Å²) in [5, 5.41) is 12.0. The number of halogens is 3. The number of rotatable bonds is 5. The van der Waals surface area contributed by atoms with Crippen molar-refractivity contribution in [3.8, 4) is 5.95 Å². The Hall–Kier alpha value is -3.24. The molecule has 2 N–H and O–H groups in total. The van der Waals surface area contributed by atoms with Gasteiger partial charge in [0, 0.05) is 6.04 Å². The lowest BCUT2D eigenvalue weighted by atomic mass is 10.0. The number of benzene rings is 1. The van der Waals surface area contributed by atoms with Gasteiger partial charge in [-0.05, 0) is 39.7 Å². The fraction of sp³-hybridized carbons (Fsp3) is 0.389. The lowest BCUT2D eigenvalue weighted by molar-refractivity contribution is -0.144. The van der Waals surface area contributed by atoms with Crippen molar-refractivity contribution in [2.75, 3.05) is 0 Å². The minimum Gasteiger partial charge on any atom is -0.346 e. The summed E-state index contributed by atoms with van der Waals surface area (Å²) in [4.78, 5) is 19.8. The van der Waals surface area contributed by atoms with E-state index in [1.54, 1.807) is 5.10 Å². The lowest BCUT2D eigenvalue weighted by Crippen LogP contribution is -2.34. The van der Waals surface area contributed by atoms with E-state index in [1.807, 2.05) is 32.9 Å². The summed E-state index contributed by atoms with van der Waals surface area (Å²) >= 11 is 0. The van der Waals surface area contributed by atoms with Gasteiger partial charge < -0.3 is 5.32 Å². The van der Waals surface area contributed by atoms with Crippen molar-refractivity contribution in [1.29, 1.82) is 0 Å². The zero-order valence-corrected chi connectivity index (χ0v) is 16.3. The third-order valence-corrected chi connectivity index (χ3v) is 4.10. The van der Waals surface area contributed by atoms with Gasteiger partial charge in [0.15, 0.2) is 0 Å². The molecule has 8 nitrogen and oxygen atoms in total. The maximum Gasteiger partial charge on any atom is 0.451 e. The topological polar surface area (TPSA) is 101 Å². The molecule has 29 heavy (non-hydrogen) atoms. The van der Waals surface area contributed by atoms with E-state index in [2.05, 4.69) is 31.5 Å². The number of hydrogen-bond acceptors (Lipinski definition) is 5. The molecule has 0 aliphatic carbocycles. The number of carbonyl (C=O) groups is 1. The Morgan fingerprint density at radius 2 is 1.83 bits per heavy atom. The number of nitrogens with one attached hydrogen (secondary N) is 2. The molecule has 1 amide bonds. The molecular weight excluding hydrogens is 387 g/mol. The first-order valence-corrected chi connectivity index (χ1v) is 8.84. The standard InChI is InChI=1S/C18H20F3N7O/c1-9-5-10(2)7-13(6-9)8-11(3)22-15(29)14-23-12(4)28(27-14)17-24-16(25-26-17)18(19,20)21/h5-7,11H,8H2,1-4H3,(H,22,29)(H,24,25,26). The van der Waals surface area contributed by atoms with Crippen molar-refractivity contribution in [2.45, 2.75) is 46.3 Å². The lowest BCUT2D eigenvalue weighted by Gasteiger charge is -2.13. The normalized spacial score (nSPS) is 12.8. The smallest absolute Gasteiger partial charge is 0.346 e. The highest BCUT2D eigenvalue weighted by atomic mass is 19.4. The summed E-state index contributed by atoms with van der Waals surface area (Å²) in [6.07, 6.45) is -4.05. The molecule has 0 saturated carbocycles. The average Bonchev–Trinajstić information content (AvgIpc) is 3.19. The Morgan fingerprint density at radius 1 is 1.17 bits per heavy atom. The number of nitrogens with zero attached hydrogens (tertiary/aromatic N) is 5. The molecule has 1 atom stereocenters. The largest absolute Gasteiger partial charge is 0.451 e. The van der Waals surface area contributed by atoms with Crippen LogP contribution < -0.4 is 5.32 Å². The molecule has 0 bridgehead atoms. The number of alkyl halides is 3. The monoisotopic (exact) mass is 407 g/mol. The quantitative estimate of drug-likeness (QED) is 0.677. The molecule has 0 aliphatic heterocycles. The fourth-order valence-electron chi connectivity index (χ4n) is 3.03. The zero-order chi connectivity index (χ0) is 21.3. The molecule has 1 aromatic carbocycles. The average molecular weight is 407 g/mol. The minimum atomic E-state index is -4.66. The maximum atomic E-state index is 12.7. The van der Waals surface area contributed by atoms with Crippen LogP contribution in [0.1, 0.15) is 45.9 Å². The van der Waals surface area contributed by atoms with Crippen LogP contribution in [0.3, 0.4) is 0 Å². The molecule has 11 heteroatoms. The van der Waals surface area contributed by atoms with Gasteiger partial charge in [0.25, 0.3) is 11.9 Å². The van der Waals surface area contributed by atoms with Gasteiger partial charge >= 0.3 is 6.18 Å². The predicted octanol–water partition coefficient (Wildman–Crippen LogP) is 2.69. The summed E-state index contributed by atoms with van der Waals surface area (Å²) in [7, 11) is 0. The Balaban J connectivity index is 1.72. The second-order valence-corrected chi connectivity index (χ2v) is 6.95. The van der Waals surface area contributed by atoms with Crippen molar-refractivity contribution in [3.63, 3.8) is 0 Å². The Labute approximate surface area is 164 Å². The third-order valence-electron chi connectivity index (χ3n) is 4.10. The molecule has 0 aliphatic rings. The van der Waals surface area contributed by atoms with E-state index >= 15 is 0 Å². The summed E-state index contributed by atoms with van der Waals surface area (Å²) < 4.78 is 39.0. The number of hydrogen-bond donors (Lipinski definition) is 2. The second-order valence-electron chi connectivity index (χ2n) is 6.95. The highest BCUT2D eigenvalue weighted by Crippen LogP contribution is 2.26. The number of aromatic nitrogens is 6. The van der Waals surface area contributed by atoms with Crippen molar-refractivity contribution in [2.24, 2.45) is 0 Å². The van der Waals surface area contributed by atoms with Crippen molar-refractivity contribution < 1.29 is 18.0 Å². The Bertz CT molecular complexity index is 1020. The van der Waals surface area contributed by atoms with Crippen molar-refractivity contribution >= 4 is 5.91 Å². The van der Waals surface area contributed by atoms with Crippen LogP contribution in [0.4, 0.5) is 13.2 Å². The van der Waals surface area contributed by atoms with Gasteiger partial charge in [0.05, 0.1) is 0 Å². The SMILES string of the molecule is Cc1cc(C)cc(CC(C)NC(=O)c2nc(C)n(-c3n[nH]c(C(F)(F)F)n3)n2)c1. The molecule has 0 fully saturated rings. The number of amides is 1. The number of aryl methyl sites for hydroxylation is 3. The predicted molar refractivity (Wildman–Crippen MR) is 97.6 cm³/mol. The molecule has 3 rings (SSSR count). The van der Waals surface area contributed by atoms with Crippen LogP contribution in [0.2, 0.25) is 0 Å². The van der Waals surface area contributed by atoms with E-state index in [9.17, 15) is 18.0 Å². The molecule has 0 saturated heterocycles. The van der Waals surface area contributed by atoms with Gasteiger partial charge in [-0.2, -0.15) is 22.8 Å². The summed E-state index contributed by atoms with van der Waals surface area (Å²) in [5.74, 6) is -2.12. The van der Waals surface area contributed by atoms with E-state index in [4.69, 9.17) is 0 Å². The van der Waals surface area contributed by atoms with Gasteiger partial charge in [-0.1, -0.05) is 29.3 Å². The van der Waals surface area contributed by atoms with E-state index in [-0.39, 0.29) is 23.6 Å². The molecule has 3 aromatic rings. The van der Waals surface area contributed by atoms with Gasteiger partial charge in [-0.25, -0.2) is 4.98 Å². The fourth-order valence-corrected chi connectivity index (χ4v) is 3.03. The second kappa shape index (κ2) is 7.64. The Morgan fingerprint density at radius 3 is 2.41 bits per heavy atom. The van der Waals surface area contributed by atoms with E-state index in [0.29, 0.717) is 6.42 Å². The van der Waals surface area contributed by atoms with Crippen LogP contribution in [0, 0.1) is 20.8 Å². The molecule has 0 radical (unpaired) electrons. The van der Waals surface area contributed by atoms with Gasteiger partial charge in [-0.15, -0.1) is 10.2 Å². The molecule has 1 unspecified atom stereocenters. The Kier molecular flexibility index (Phi) is 5.40. The van der Waals surface area contributed by atoms with Gasteiger partial charge in [0.1, 0.15) is 5.82 Å². The number of aromatic amines is 1. The minimum absolute atomic E-state index is 0.173. The van der Waals surface area contributed by atoms with Crippen LogP contribution in [0.15, 0.2) is 18.2 Å². The third kappa shape index (κ3) is 4.79. The van der Waals surface area contributed by atoms with E-state index < -0.39 is 17.9 Å². The van der Waals surface area contributed by atoms with E-state index in [0.717, 1.165) is 21.4 Å². The first-order chi connectivity index (χ1) is 13.5. The molecular formula is C18H20F3N7O. The first-order valence-electron chi connectivity index (χ1n) is 8.84. The van der Waals surface area contributed by atoms with Crippen LogP contribution in [-0.4, -0.2) is 41.9 Å². The van der Waals surface area contributed by atoms with Crippen LogP contribution in [0.25, 0.3) is 5.95 Å². The summed E-state index contributed by atoms with van der Waals surface area (Å²) in [5.41, 5.74) is 3.36. The van der Waals surface area contributed by atoms with Crippen molar-refractivity contribution in [1.82, 2.24) is 35.3 Å². The number of H-pyrrole nitrogens is 1. The molecule has 0 spiro atoms. The first kappa shape index (κ1) is 20.5. The summed E-state index contributed by atoms with van der Waals surface area (Å²) in [6, 6.07) is 5.97. The molecule has 154 valence electrons. The highest BCUT2D eigenvalue weighted by Gasteiger charge is 2.35. The van der Waals surface area contributed by atoms with E-state index in [1.165, 1.54) is 6.92 Å². The van der Waals surface area contributed by atoms with Crippen LogP contribution in [-0.2, 0) is 12.6 Å². The molecule has 2 heterocycles. The van der Waals surface area contributed by atoms with Gasteiger partial charge in [0.2, 0.25) is 11.6 Å². The highest BCUT2D eigenvalue weighted by molar-refractivity contribution is 5.90. The van der Waals surface area contributed by atoms with Crippen molar-refractivity contribution in [3.05, 3.63) is 52.4 Å². The summed E-state index contributed by atoms with van der Waals surface area (Å²) in [6.45, 7) is 7.36. The maximum absolute atomic E-state index is 12.7. The number of carbonyl (C=O) groups excluding carboxylic acids is 1. The van der Waals surface area contributed by atoms with Gasteiger partial charge in [-0.3, -0.25) is 9.89 Å². The zero-order valence-electron chi connectivity index (χ0n) is 16.3. The van der Waals surface area contributed by atoms with Crippen LogP contribution in [0.5, 0.6) is 0 Å².